The summed E-state index contributed by atoms with van der Waals surface area (Å²) in [7, 11) is 0. The third-order valence-corrected chi connectivity index (χ3v) is 5.54. The Labute approximate surface area is 197 Å². The van der Waals surface area contributed by atoms with Gasteiger partial charge in [-0.1, -0.05) is 31.7 Å². The van der Waals surface area contributed by atoms with E-state index in [2.05, 4.69) is 16.6 Å². The van der Waals surface area contributed by atoms with Crippen molar-refractivity contribution < 1.29 is 18.0 Å². The Balaban J connectivity index is 1.69. The topological polar surface area (TPSA) is 74.8 Å². The Bertz CT molecular complexity index is 1090. The summed E-state index contributed by atoms with van der Waals surface area (Å²) in [5, 5.41) is 0. The molecule has 0 aliphatic carbocycles. The minimum Gasteiger partial charge on any atom is -0.335 e. The number of rotatable bonds is 8. The first-order chi connectivity index (χ1) is 16.1. The quantitative estimate of drug-likeness (QED) is 0.611. The predicted molar refractivity (Wildman–Crippen MR) is 126 cm³/mol. The second-order valence-corrected chi connectivity index (χ2v) is 7.97. The van der Waals surface area contributed by atoms with Crippen LogP contribution in [0, 0.1) is 0 Å². The lowest BCUT2D eigenvalue weighted by atomic mass is 10.1. The van der Waals surface area contributed by atoms with Gasteiger partial charge in [0.1, 0.15) is 12.4 Å². The number of nitrogens with zero attached hydrogens (tertiary/aromatic N) is 4. The highest BCUT2D eigenvalue weighted by Gasteiger charge is 2.30. The molecule has 1 aliphatic heterocycles. The SMILES string of the molecule is C=C1N=C(C)N(CC(=O)N(CCN)Cc2ccc(-c3ccc(C(F)(F)F)cc3)nc2)C=C1CC. The van der Waals surface area contributed by atoms with Crippen molar-refractivity contribution in [1.29, 1.82) is 0 Å². The first-order valence-electron chi connectivity index (χ1n) is 10.9. The molecule has 1 aromatic carbocycles. The van der Waals surface area contributed by atoms with Crippen LogP contribution in [0.15, 0.2) is 71.6 Å². The van der Waals surface area contributed by atoms with Gasteiger partial charge in [-0.05, 0) is 42.7 Å². The fraction of sp³-hybridized carbons (Fsp3) is 0.320. The van der Waals surface area contributed by atoms with Crippen LogP contribution in [0.3, 0.4) is 0 Å². The minimum absolute atomic E-state index is 0.106. The average molecular weight is 472 g/mol. The number of alkyl halides is 3. The number of hydrogen-bond acceptors (Lipinski definition) is 5. The molecule has 0 bridgehead atoms. The van der Waals surface area contributed by atoms with Gasteiger partial charge in [0.15, 0.2) is 0 Å². The monoisotopic (exact) mass is 471 g/mol. The molecule has 2 N–H and O–H groups in total. The van der Waals surface area contributed by atoms with Gasteiger partial charge in [0.05, 0.1) is 17.0 Å². The first kappa shape index (κ1) is 25.2. The maximum Gasteiger partial charge on any atom is 0.416 e. The number of hydrogen-bond donors (Lipinski definition) is 1. The zero-order chi connectivity index (χ0) is 24.9. The van der Waals surface area contributed by atoms with Gasteiger partial charge in [0, 0.05) is 37.6 Å². The lowest BCUT2D eigenvalue weighted by molar-refractivity contribution is -0.137. The van der Waals surface area contributed by atoms with E-state index in [1.807, 2.05) is 31.0 Å². The van der Waals surface area contributed by atoms with E-state index in [9.17, 15) is 18.0 Å². The lowest BCUT2D eigenvalue weighted by Crippen LogP contribution is -2.42. The number of aromatic nitrogens is 1. The first-order valence-corrected chi connectivity index (χ1v) is 10.9. The molecular weight excluding hydrogens is 443 g/mol. The molecule has 0 saturated carbocycles. The Morgan fingerprint density at radius 2 is 1.88 bits per heavy atom. The third-order valence-electron chi connectivity index (χ3n) is 5.54. The number of amides is 1. The molecule has 3 rings (SSSR count). The zero-order valence-corrected chi connectivity index (χ0v) is 19.3. The van der Waals surface area contributed by atoms with Gasteiger partial charge in [-0.15, -0.1) is 0 Å². The second-order valence-electron chi connectivity index (χ2n) is 7.97. The summed E-state index contributed by atoms with van der Waals surface area (Å²) in [5.74, 6) is 0.594. The predicted octanol–water partition coefficient (Wildman–Crippen LogP) is 4.60. The van der Waals surface area contributed by atoms with E-state index in [-0.39, 0.29) is 12.5 Å². The number of carbonyl (C=O) groups is 1. The molecule has 0 radical (unpaired) electrons. The summed E-state index contributed by atoms with van der Waals surface area (Å²) >= 11 is 0. The maximum absolute atomic E-state index is 13.0. The summed E-state index contributed by atoms with van der Waals surface area (Å²) in [5.41, 5.74) is 8.64. The van der Waals surface area contributed by atoms with Gasteiger partial charge in [0.2, 0.25) is 5.91 Å². The molecule has 1 aromatic heterocycles. The van der Waals surface area contributed by atoms with Crippen LogP contribution in [0.4, 0.5) is 13.2 Å². The van der Waals surface area contributed by atoms with Crippen molar-refractivity contribution in [2.45, 2.75) is 33.0 Å². The molecule has 34 heavy (non-hydrogen) atoms. The number of amidine groups is 1. The van der Waals surface area contributed by atoms with Crippen LogP contribution in [0.5, 0.6) is 0 Å². The van der Waals surface area contributed by atoms with Crippen LogP contribution in [0.25, 0.3) is 11.3 Å². The molecule has 0 saturated heterocycles. The standard InChI is InChI=1S/C25H28F3N5O/c1-4-20-15-33(18(3)31-17(20)2)16-24(34)32(12-11-29)14-19-5-10-23(30-13-19)21-6-8-22(9-7-21)25(26,27)28/h5-10,13,15H,2,4,11-12,14,16,29H2,1,3H3. The molecule has 0 atom stereocenters. The van der Waals surface area contributed by atoms with Gasteiger partial charge >= 0.3 is 6.18 Å². The number of aliphatic imine (C=N–C) groups is 1. The van der Waals surface area contributed by atoms with Gasteiger partial charge in [-0.3, -0.25) is 9.78 Å². The molecule has 0 unspecified atom stereocenters. The average Bonchev–Trinajstić information content (AvgIpc) is 2.80. The summed E-state index contributed by atoms with van der Waals surface area (Å²) in [6.07, 6.45) is -0.0842. The highest BCUT2D eigenvalue weighted by Crippen LogP contribution is 2.30. The Kier molecular flexibility index (Phi) is 7.88. The molecule has 2 heterocycles. The number of halogens is 3. The van der Waals surface area contributed by atoms with E-state index >= 15 is 0 Å². The van der Waals surface area contributed by atoms with Gasteiger partial charge in [0.25, 0.3) is 0 Å². The van der Waals surface area contributed by atoms with Crippen molar-refractivity contribution in [2.75, 3.05) is 19.6 Å². The molecule has 9 heteroatoms. The van der Waals surface area contributed by atoms with Crippen molar-refractivity contribution in [3.63, 3.8) is 0 Å². The van der Waals surface area contributed by atoms with Crippen molar-refractivity contribution in [1.82, 2.24) is 14.8 Å². The molecular formula is C25H28F3N5O. The number of nitrogens with two attached hydrogens (primary N) is 1. The summed E-state index contributed by atoms with van der Waals surface area (Å²) in [4.78, 5) is 25.3. The van der Waals surface area contributed by atoms with Crippen LogP contribution in [-0.4, -0.2) is 46.2 Å². The highest BCUT2D eigenvalue weighted by atomic mass is 19.4. The zero-order valence-electron chi connectivity index (χ0n) is 19.3. The van der Waals surface area contributed by atoms with E-state index in [0.29, 0.717) is 42.4 Å². The summed E-state index contributed by atoms with van der Waals surface area (Å²) in [6, 6.07) is 8.39. The Morgan fingerprint density at radius 3 is 2.44 bits per heavy atom. The van der Waals surface area contributed by atoms with Crippen molar-refractivity contribution >= 4 is 11.7 Å². The number of benzene rings is 1. The highest BCUT2D eigenvalue weighted by molar-refractivity contribution is 5.89. The molecule has 1 amide bonds. The van der Waals surface area contributed by atoms with Crippen molar-refractivity contribution in [3.8, 4) is 11.3 Å². The Morgan fingerprint density at radius 1 is 1.18 bits per heavy atom. The van der Waals surface area contributed by atoms with Crippen molar-refractivity contribution in [2.24, 2.45) is 10.7 Å². The van der Waals surface area contributed by atoms with Gasteiger partial charge in [-0.25, -0.2) is 4.99 Å². The van der Waals surface area contributed by atoms with E-state index in [1.165, 1.54) is 12.1 Å². The fourth-order valence-corrected chi connectivity index (χ4v) is 3.58. The number of carbonyl (C=O) groups excluding carboxylic acids is 1. The lowest BCUT2D eigenvalue weighted by Gasteiger charge is -2.29. The number of allylic oxidation sites excluding steroid dienone is 1. The van der Waals surface area contributed by atoms with Crippen LogP contribution >= 0.6 is 0 Å². The van der Waals surface area contributed by atoms with E-state index in [4.69, 9.17) is 5.73 Å². The van der Waals surface area contributed by atoms with Gasteiger partial charge < -0.3 is 15.5 Å². The summed E-state index contributed by atoms with van der Waals surface area (Å²) < 4.78 is 38.3. The third kappa shape index (κ3) is 6.11. The molecule has 180 valence electrons. The molecule has 2 aromatic rings. The summed E-state index contributed by atoms with van der Waals surface area (Å²) in [6.45, 7) is 8.91. The van der Waals surface area contributed by atoms with Crippen LogP contribution in [0.1, 0.15) is 31.4 Å². The van der Waals surface area contributed by atoms with Crippen LogP contribution in [0.2, 0.25) is 0 Å². The molecule has 0 spiro atoms. The molecule has 1 aliphatic rings. The Hall–Kier alpha value is -3.46. The fourth-order valence-electron chi connectivity index (χ4n) is 3.58. The normalized spacial score (nSPS) is 14.1. The molecule has 6 nitrogen and oxygen atoms in total. The van der Waals surface area contributed by atoms with E-state index in [1.54, 1.807) is 17.2 Å². The van der Waals surface area contributed by atoms with Crippen LogP contribution in [-0.2, 0) is 17.5 Å². The largest absolute Gasteiger partial charge is 0.416 e. The second kappa shape index (κ2) is 10.6. The maximum atomic E-state index is 13.0. The van der Waals surface area contributed by atoms with E-state index < -0.39 is 11.7 Å². The van der Waals surface area contributed by atoms with Crippen LogP contribution < -0.4 is 5.73 Å². The molecule has 0 fully saturated rings. The minimum atomic E-state index is -4.38. The van der Waals surface area contributed by atoms with E-state index in [0.717, 1.165) is 29.7 Å². The number of pyridine rings is 1. The van der Waals surface area contributed by atoms with Crippen molar-refractivity contribution in [3.05, 3.63) is 77.8 Å². The smallest absolute Gasteiger partial charge is 0.335 e. The van der Waals surface area contributed by atoms with Gasteiger partial charge in [-0.2, -0.15) is 13.2 Å².